The zero-order valence-corrected chi connectivity index (χ0v) is 9.02. The second kappa shape index (κ2) is 8.90. The van der Waals surface area contributed by atoms with E-state index in [1.165, 1.54) is 0 Å². The Labute approximate surface area is 100 Å². The molecule has 0 aromatic heterocycles. The van der Waals surface area contributed by atoms with Crippen LogP contribution in [0.15, 0.2) is 0 Å². The van der Waals surface area contributed by atoms with Crippen LogP contribution >= 0.6 is 0 Å². The highest BCUT2D eigenvalue weighted by atomic mass is 16.4. The molecule has 2 unspecified atom stereocenters. The third-order valence-electron chi connectivity index (χ3n) is 1.36. The summed E-state index contributed by atoms with van der Waals surface area (Å²) < 4.78 is 0. The minimum Gasteiger partial charge on any atom is -0.481 e. The summed E-state index contributed by atoms with van der Waals surface area (Å²) in [5, 5.41) is 40.2. The molecule has 0 aliphatic rings. The fourth-order valence-corrected chi connectivity index (χ4v) is 0.528. The molecule has 10 nitrogen and oxygen atoms in total. The normalized spacial score (nSPS) is 12.6. The molecule has 0 rings (SSSR count). The van der Waals surface area contributed by atoms with Gasteiger partial charge in [0, 0.05) is 0 Å². The maximum atomic E-state index is 9.85. The van der Waals surface area contributed by atoms with Gasteiger partial charge in [0.15, 0.2) is 6.10 Å². The Morgan fingerprint density at radius 1 is 0.833 bits per heavy atom. The van der Waals surface area contributed by atoms with Gasteiger partial charge < -0.3 is 31.3 Å². The van der Waals surface area contributed by atoms with Crippen LogP contribution in [0.25, 0.3) is 0 Å². The summed E-state index contributed by atoms with van der Waals surface area (Å²) in [5.74, 6) is -5.34. The van der Waals surface area contributed by atoms with E-state index in [1.807, 2.05) is 0 Å². The molecule has 0 aromatic carbocycles. The number of aliphatic hydroxyl groups is 1. The molecule has 0 bridgehead atoms. The average molecular weight is 267 g/mol. The van der Waals surface area contributed by atoms with E-state index in [-0.39, 0.29) is 0 Å². The Balaban J connectivity index is 0. The predicted molar refractivity (Wildman–Crippen MR) is 53.8 cm³/mol. The van der Waals surface area contributed by atoms with Crippen molar-refractivity contribution in [2.45, 2.75) is 25.0 Å². The van der Waals surface area contributed by atoms with Crippen LogP contribution < -0.4 is 5.73 Å². The number of hydrogen-bond acceptors (Lipinski definition) is 6. The van der Waals surface area contributed by atoms with E-state index in [0.717, 1.165) is 0 Å². The summed E-state index contributed by atoms with van der Waals surface area (Å²) in [7, 11) is 0. The number of aliphatic hydroxyl groups excluding tert-OH is 1. The van der Waals surface area contributed by atoms with Crippen molar-refractivity contribution in [1.29, 1.82) is 0 Å². The van der Waals surface area contributed by atoms with Gasteiger partial charge >= 0.3 is 23.9 Å². The molecule has 0 aliphatic heterocycles. The molecule has 18 heavy (non-hydrogen) atoms. The van der Waals surface area contributed by atoms with Crippen LogP contribution in [0.3, 0.4) is 0 Å². The molecular weight excluding hydrogens is 254 g/mol. The van der Waals surface area contributed by atoms with Gasteiger partial charge in [0.25, 0.3) is 0 Å². The Morgan fingerprint density at radius 3 is 1.33 bits per heavy atom. The van der Waals surface area contributed by atoms with E-state index in [0.29, 0.717) is 0 Å². The first-order chi connectivity index (χ1) is 8.07. The van der Waals surface area contributed by atoms with Gasteiger partial charge in [-0.05, 0) is 0 Å². The molecule has 0 saturated carbocycles. The van der Waals surface area contributed by atoms with Crippen LogP contribution in [0.1, 0.15) is 12.8 Å². The van der Waals surface area contributed by atoms with Gasteiger partial charge in [0.05, 0.1) is 12.8 Å². The maximum Gasteiger partial charge on any atom is 0.333 e. The van der Waals surface area contributed by atoms with E-state index in [4.69, 9.17) is 31.3 Å². The molecule has 2 atom stereocenters. The predicted octanol–water partition coefficient (Wildman–Crippen LogP) is -2.22. The summed E-state index contributed by atoms with van der Waals surface area (Å²) in [6.45, 7) is 0. The topological polar surface area (TPSA) is 195 Å². The quantitative estimate of drug-likeness (QED) is 0.306. The summed E-state index contributed by atoms with van der Waals surface area (Å²) in [6.07, 6.45) is -3.08. The van der Waals surface area contributed by atoms with Crippen molar-refractivity contribution in [3.8, 4) is 0 Å². The Hall–Kier alpha value is -2.20. The van der Waals surface area contributed by atoms with Crippen molar-refractivity contribution in [2.24, 2.45) is 5.73 Å². The van der Waals surface area contributed by atoms with Gasteiger partial charge in [-0.1, -0.05) is 0 Å². The monoisotopic (exact) mass is 267 g/mol. The second-order valence-electron chi connectivity index (χ2n) is 2.99. The highest BCUT2D eigenvalue weighted by Crippen LogP contribution is 1.89. The number of nitrogens with two attached hydrogens (primary N) is 1. The second-order valence-corrected chi connectivity index (χ2v) is 2.99. The molecule has 10 heteroatoms. The zero-order valence-electron chi connectivity index (χ0n) is 9.02. The SMILES string of the molecule is NC(CC(=O)O)C(=O)O.O=C(O)CC(O)C(=O)O. The third-order valence-corrected chi connectivity index (χ3v) is 1.36. The summed E-state index contributed by atoms with van der Waals surface area (Å²) in [5.41, 5.74) is 4.84. The molecule has 0 radical (unpaired) electrons. The van der Waals surface area contributed by atoms with Gasteiger partial charge in [-0.25, -0.2) is 4.79 Å². The van der Waals surface area contributed by atoms with Crippen LogP contribution in [0.2, 0.25) is 0 Å². The Morgan fingerprint density at radius 2 is 1.22 bits per heavy atom. The molecule has 104 valence electrons. The zero-order chi connectivity index (χ0) is 14.9. The van der Waals surface area contributed by atoms with Gasteiger partial charge in [-0.15, -0.1) is 0 Å². The number of aliphatic carboxylic acids is 4. The average Bonchev–Trinajstić information content (AvgIpc) is 2.16. The maximum absolute atomic E-state index is 9.85. The first-order valence-electron chi connectivity index (χ1n) is 4.40. The van der Waals surface area contributed by atoms with Crippen molar-refractivity contribution in [3.63, 3.8) is 0 Å². The van der Waals surface area contributed by atoms with Crippen molar-refractivity contribution in [2.75, 3.05) is 0 Å². The lowest BCUT2D eigenvalue weighted by Gasteiger charge is -1.99. The summed E-state index contributed by atoms with van der Waals surface area (Å²) in [4.78, 5) is 39.0. The van der Waals surface area contributed by atoms with Crippen molar-refractivity contribution < 1.29 is 44.7 Å². The first kappa shape index (κ1) is 18.2. The lowest BCUT2D eigenvalue weighted by molar-refractivity contribution is -0.152. The third kappa shape index (κ3) is 11.9. The molecular formula is C8H13NO9. The van der Waals surface area contributed by atoms with Gasteiger partial charge in [-0.3, -0.25) is 14.4 Å². The highest BCUT2D eigenvalue weighted by Gasteiger charge is 2.16. The minimum atomic E-state index is -1.79. The van der Waals surface area contributed by atoms with Gasteiger partial charge in [0.1, 0.15) is 6.04 Å². The number of carbonyl (C=O) groups is 4. The Bertz CT molecular complexity index is 295. The number of carboxylic acid groups (broad SMARTS) is 4. The molecule has 0 aliphatic carbocycles. The van der Waals surface area contributed by atoms with Crippen LogP contribution in [-0.2, 0) is 19.2 Å². The van der Waals surface area contributed by atoms with Crippen molar-refractivity contribution >= 4 is 23.9 Å². The van der Waals surface area contributed by atoms with Crippen LogP contribution in [0.5, 0.6) is 0 Å². The molecule has 0 saturated heterocycles. The highest BCUT2D eigenvalue weighted by molar-refractivity contribution is 5.80. The smallest absolute Gasteiger partial charge is 0.333 e. The Kier molecular flexibility index (Phi) is 8.98. The van der Waals surface area contributed by atoms with Crippen LogP contribution in [0, 0.1) is 0 Å². The van der Waals surface area contributed by atoms with Crippen LogP contribution in [0.4, 0.5) is 0 Å². The van der Waals surface area contributed by atoms with Crippen molar-refractivity contribution in [3.05, 3.63) is 0 Å². The van der Waals surface area contributed by atoms with Crippen LogP contribution in [-0.4, -0.2) is 61.6 Å². The fraction of sp³-hybridized carbons (Fsp3) is 0.500. The van der Waals surface area contributed by atoms with E-state index >= 15 is 0 Å². The lowest BCUT2D eigenvalue weighted by atomic mass is 10.2. The first-order valence-corrected chi connectivity index (χ1v) is 4.40. The number of rotatable bonds is 6. The number of carboxylic acids is 4. The van der Waals surface area contributed by atoms with Gasteiger partial charge in [-0.2, -0.15) is 0 Å². The molecule has 0 amide bonds. The minimum absolute atomic E-state index is 0.532. The summed E-state index contributed by atoms with van der Waals surface area (Å²) in [6, 6.07) is -1.29. The fourth-order valence-electron chi connectivity index (χ4n) is 0.528. The van der Waals surface area contributed by atoms with Crippen molar-refractivity contribution in [1.82, 2.24) is 0 Å². The van der Waals surface area contributed by atoms with E-state index in [1.54, 1.807) is 0 Å². The summed E-state index contributed by atoms with van der Waals surface area (Å²) >= 11 is 0. The van der Waals surface area contributed by atoms with E-state index < -0.39 is 48.9 Å². The molecule has 7 N–H and O–H groups in total. The molecule has 0 spiro atoms. The lowest BCUT2D eigenvalue weighted by Crippen LogP contribution is -2.32. The standard InChI is InChI=1S/C4H7NO4.C4H6O5/c2*5-2(4(8)9)1-3(6)7/h2H,1,5H2,(H,6,7)(H,8,9);2,5H,1H2,(H,6,7)(H,8,9). The van der Waals surface area contributed by atoms with E-state index in [9.17, 15) is 19.2 Å². The van der Waals surface area contributed by atoms with E-state index in [2.05, 4.69) is 0 Å². The molecule has 0 aromatic rings. The number of hydrogen-bond donors (Lipinski definition) is 6. The molecule has 0 fully saturated rings. The molecule has 0 heterocycles. The van der Waals surface area contributed by atoms with Gasteiger partial charge in [0.2, 0.25) is 0 Å². The largest absolute Gasteiger partial charge is 0.481 e.